The number of aliphatic hydroxyl groups excluding tert-OH is 1. The van der Waals surface area contributed by atoms with E-state index in [1.165, 1.54) is 12.8 Å². The van der Waals surface area contributed by atoms with Crippen LogP contribution < -0.4 is 5.32 Å². The molecule has 0 aromatic rings. The van der Waals surface area contributed by atoms with Gasteiger partial charge in [0.1, 0.15) is 0 Å². The summed E-state index contributed by atoms with van der Waals surface area (Å²) in [5.41, 5.74) is -0.172. The molecular formula is C14H30N2O2. The molecule has 1 aliphatic rings. The van der Waals surface area contributed by atoms with Gasteiger partial charge in [0.2, 0.25) is 0 Å². The Bertz CT molecular complexity index is 228. The first-order valence-corrected chi connectivity index (χ1v) is 7.09. The van der Waals surface area contributed by atoms with Crippen LogP contribution in [0.3, 0.4) is 0 Å². The SMILES string of the molecule is CNC(C)(CO)CCN(CCOC)C(C)C1CC1. The maximum Gasteiger partial charge on any atom is 0.0610 e. The number of aliphatic hydroxyl groups is 1. The molecule has 1 fully saturated rings. The van der Waals surface area contributed by atoms with E-state index in [1.54, 1.807) is 7.11 Å². The molecule has 2 N–H and O–H groups in total. The number of methoxy groups -OCH3 is 1. The smallest absolute Gasteiger partial charge is 0.0610 e. The van der Waals surface area contributed by atoms with E-state index >= 15 is 0 Å². The molecular weight excluding hydrogens is 228 g/mol. The zero-order valence-corrected chi connectivity index (χ0v) is 12.4. The van der Waals surface area contributed by atoms with E-state index in [4.69, 9.17) is 4.74 Å². The largest absolute Gasteiger partial charge is 0.394 e. The van der Waals surface area contributed by atoms with E-state index in [1.807, 2.05) is 7.05 Å². The molecule has 2 unspecified atom stereocenters. The second kappa shape index (κ2) is 7.43. The number of likely N-dealkylation sites (N-methyl/N-ethyl adjacent to an activating group) is 1. The lowest BCUT2D eigenvalue weighted by atomic mass is 9.98. The van der Waals surface area contributed by atoms with Crippen molar-refractivity contribution < 1.29 is 9.84 Å². The van der Waals surface area contributed by atoms with Crippen molar-refractivity contribution >= 4 is 0 Å². The standard InChI is InChI=1S/C14H30N2O2/c1-12(13-5-6-13)16(9-10-18-4)8-7-14(2,11-17)15-3/h12-13,15,17H,5-11H2,1-4H3. The molecule has 2 atom stereocenters. The van der Waals surface area contributed by atoms with Crippen LogP contribution in [0.1, 0.15) is 33.1 Å². The Labute approximate surface area is 112 Å². The molecule has 0 bridgehead atoms. The van der Waals surface area contributed by atoms with Gasteiger partial charge in [0.05, 0.1) is 13.2 Å². The Morgan fingerprint density at radius 1 is 1.44 bits per heavy atom. The highest BCUT2D eigenvalue weighted by atomic mass is 16.5. The summed E-state index contributed by atoms with van der Waals surface area (Å²) in [6.07, 6.45) is 3.70. The van der Waals surface area contributed by atoms with E-state index in [0.717, 1.165) is 32.0 Å². The predicted octanol–water partition coefficient (Wildman–Crippen LogP) is 1.09. The van der Waals surface area contributed by atoms with Crippen LogP contribution in [-0.4, -0.2) is 62.0 Å². The van der Waals surface area contributed by atoms with Gasteiger partial charge >= 0.3 is 0 Å². The van der Waals surface area contributed by atoms with E-state index in [0.29, 0.717) is 6.04 Å². The summed E-state index contributed by atoms with van der Waals surface area (Å²) in [5, 5.41) is 12.6. The number of nitrogens with one attached hydrogen (secondary N) is 1. The third-order valence-corrected chi connectivity index (χ3v) is 4.37. The Balaban J connectivity index is 2.44. The van der Waals surface area contributed by atoms with Crippen molar-refractivity contribution in [2.45, 2.75) is 44.7 Å². The Kier molecular flexibility index (Phi) is 6.57. The minimum Gasteiger partial charge on any atom is -0.394 e. The van der Waals surface area contributed by atoms with Gasteiger partial charge in [-0.1, -0.05) is 0 Å². The van der Waals surface area contributed by atoms with E-state index < -0.39 is 0 Å². The molecule has 4 nitrogen and oxygen atoms in total. The van der Waals surface area contributed by atoms with Gasteiger partial charge in [0.25, 0.3) is 0 Å². The number of ether oxygens (including phenoxy) is 1. The monoisotopic (exact) mass is 258 g/mol. The van der Waals surface area contributed by atoms with Crippen molar-refractivity contribution in [1.82, 2.24) is 10.2 Å². The molecule has 4 heteroatoms. The number of nitrogens with zero attached hydrogens (tertiary/aromatic N) is 1. The summed E-state index contributed by atoms with van der Waals surface area (Å²) >= 11 is 0. The fourth-order valence-electron chi connectivity index (χ4n) is 2.28. The summed E-state index contributed by atoms with van der Waals surface area (Å²) in [6.45, 7) is 7.36. The first-order chi connectivity index (χ1) is 8.56. The second-order valence-electron chi connectivity index (χ2n) is 5.83. The van der Waals surface area contributed by atoms with Gasteiger partial charge in [-0.25, -0.2) is 0 Å². The Hall–Kier alpha value is -0.160. The van der Waals surface area contributed by atoms with Gasteiger partial charge < -0.3 is 15.2 Å². The third kappa shape index (κ3) is 4.84. The van der Waals surface area contributed by atoms with Crippen LogP contribution in [-0.2, 0) is 4.74 Å². The van der Waals surface area contributed by atoms with Crippen LogP contribution in [0.5, 0.6) is 0 Å². The molecule has 0 aliphatic heterocycles. The molecule has 0 aromatic carbocycles. The van der Waals surface area contributed by atoms with Gasteiger partial charge in [0.15, 0.2) is 0 Å². The van der Waals surface area contributed by atoms with Crippen molar-refractivity contribution in [3.63, 3.8) is 0 Å². The van der Waals surface area contributed by atoms with Crippen molar-refractivity contribution in [2.24, 2.45) is 5.92 Å². The van der Waals surface area contributed by atoms with Crippen molar-refractivity contribution in [2.75, 3.05) is 40.5 Å². The van der Waals surface area contributed by atoms with Gasteiger partial charge in [-0.05, 0) is 46.1 Å². The summed E-state index contributed by atoms with van der Waals surface area (Å²) in [5.74, 6) is 0.872. The molecule has 1 rings (SSSR count). The lowest BCUT2D eigenvalue weighted by Gasteiger charge is -2.34. The quantitative estimate of drug-likeness (QED) is 0.616. The molecule has 0 aromatic heterocycles. The molecule has 18 heavy (non-hydrogen) atoms. The molecule has 0 heterocycles. The van der Waals surface area contributed by atoms with Crippen LogP contribution in [0.2, 0.25) is 0 Å². The zero-order valence-electron chi connectivity index (χ0n) is 12.4. The normalized spacial score (nSPS) is 21.0. The lowest BCUT2D eigenvalue weighted by Crippen LogP contribution is -2.48. The fraction of sp³-hybridized carbons (Fsp3) is 1.00. The van der Waals surface area contributed by atoms with Crippen LogP contribution in [0.15, 0.2) is 0 Å². The summed E-state index contributed by atoms with van der Waals surface area (Å²) in [4.78, 5) is 2.51. The number of rotatable bonds is 10. The van der Waals surface area contributed by atoms with Gasteiger partial charge in [-0.15, -0.1) is 0 Å². The van der Waals surface area contributed by atoms with E-state index in [9.17, 15) is 5.11 Å². The Morgan fingerprint density at radius 3 is 2.56 bits per heavy atom. The van der Waals surface area contributed by atoms with Gasteiger partial charge in [-0.2, -0.15) is 0 Å². The molecule has 0 amide bonds. The third-order valence-electron chi connectivity index (χ3n) is 4.37. The summed E-state index contributed by atoms with van der Waals surface area (Å²) < 4.78 is 5.20. The summed E-state index contributed by atoms with van der Waals surface area (Å²) in [7, 11) is 3.67. The highest BCUT2D eigenvalue weighted by molar-refractivity contribution is 4.88. The van der Waals surface area contributed by atoms with Gasteiger partial charge in [-0.3, -0.25) is 4.90 Å². The minimum absolute atomic E-state index is 0.172. The molecule has 0 spiro atoms. The molecule has 1 saturated carbocycles. The van der Waals surface area contributed by atoms with Crippen LogP contribution in [0, 0.1) is 5.92 Å². The molecule has 1 aliphatic carbocycles. The molecule has 0 radical (unpaired) electrons. The first kappa shape index (κ1) is 15.9. The molecule has 0 saturated heterocycles. The van der Waals surface area contributed by atoms with Crippen LogP contribution in [0.25, 0.3) is 0 Å². The second-order valence-corrected chi connectivity index (χ2v) is 5.83. The van der Waals surface area contributed by atoms with Crippen molar-refractivity contribution in [3.8, 4) is 0 Å². The van der Waals surface area contributed by atoms with Crippen LogP contribution in [0.4, 0.5) is 0 Å². The van der Waals surface area contributed by atoms with E-state index in [2.05, 4.69) is 24.1 Å². The highest BCUT2D eigenvalue weighted by Crippen LogP contribution is 2.35. The highest BCUT2D eigenvalue weighted by Gasteiger charge is 2.32. The zero-order chi connectivity index (χ0) is 13.6. The number of hydrogen-bond acceptors (Lipinski definition) is 4. The van der Waals surface area contributed by atoms with Gasteiger partial charge in [0, 0.05) is 31.8 Å². The lowest BCUT2D eigenvalue weighted by molar-refractivity contribution is 0.0969. The summed E-state index contributed by atoms with van der Waals surface area (Å²) in [6, 6.07) is 0.639. The first-order valence-electron chi connectivity index (χ1n) is 7.09. The predicted molar refractivity (Wildman–Crippen MR) is 74.8 cm³/mol. The average molecular weight is 258 g/mol. The van der Waals surface area contributed by atoms with Crippen molar-refractivity contribution in [3.05, 3.63) is 0 Å². The molecule has 108 valence electrons. The maximum atomic E-state index is 9.43. The minimum atomic E-state index is -0.172. The van der Waals surface area contributed by atoms with Crippen LogP contribution >= 0.6 is 0 Å². The Morgan fingerprint density at radius 2 is 2.11 bits per heavy atom. The number of hydrogen-bond donors (Lipinski definition) is 2. The topological polar surface area (TPSA) is 44.7 Å². The van der Waals surface area contributed by atoms with Crippen molar-refractivity contribution in [1.29, 1.82) is 0 Å². The average Bonchev–Trinajstić information content (AvgIpc) is 3.22. The maximum absolute atomic E-state index is 9.43. The fourth-order valence-corrected chi connectivity index (χ4v) is 2.28. The van der Waals surface area contributed by atoms with E-state index in [-0.39, 0.29) is 12.1 Å².